The number of hydrogen-bond acceptors (Lipinski definition) is 2. The van der Waals surface area contributed by atoms with Crippen molar-refractivity contribution in [1.29, 1.82) is 0 Å². The molecule has 0 heterocycles. The summed E-state index contributed by atoms with van der Waals surface area (Å²) in [5, 5.41) is 3.21. The highest BCUT2D eigenvalue weighted by molar-refractivity contribution is 5.17. The Morgan fingerprint density at radius 2 is 2.00 bits per heavy atom. The maximum Gasteiger partial charge on any atom is 0.159 e. The SMILES string of the molecule is CCNCCN(C)Cc1ccc(F)c(F)c1. The fourth-order valence-electron chi connectivity index (χ4n) is 1.48. The quantitative estimate of drug-likeness (QED) is 0.749. The molecule has 1 N–H and O–H groups in total. The molecule has 0 saturated carbocycles. The van der Waals surface area contributed by atoms with Gasteiger partial charge in [0.05, 0.1) is 0 Å². The zero-order valence-electron chi connectivity index (χ0n) is 9.76. The van der Waals surface area contributed by atoms with E-state index in [2.05, 4.69) is 17.1 Å². The Bertz CT molecular complexity index is 329. The molecule has 1 aromatic carbocycles. The van der Waals surface area contributed by atoms with Crippen molar-refractivity contribution in [3.05, 3.63) is 35.4 Å². The van der Waals surface area contributed by atoms with E-state index in [0.717, 1.165) is 25.2 Å². The van der Waals surface area contributed by atoms with Crippen LogP contribution in [0, 0.1) is 11.6 Å². The minimum atomic E-state index is -0.793. The van der Waals surface area contributed by atoms with E-state index in [-0.39, 0.29) is 0 Å². The van der Waals surface area contributed by atoms with Crippen LogP contribution in [0.25, 0.3) is 0 Å². The maximum atomic E-state index is 12.9. The monoisotopic (exact) mass is 228 g/mol. The lowest BCUT2D eigenvalue weighted by atomic mass is 10.2. The summed E-state index contributed by atoms with van der Waals surface area (Å²) >= 11 is 0. The van der Waals surface area contributed by atoms with Crippen LogP contribution in [0.1, 0.15) is 12.5 Å². The molecule has 0 aromatic heterocycles. The third kappa shape index (κ3) is 4.24. The minimum Gasteiger partial charge on any atom is -0.316 e. The average Bonchev–Trinajstić information content (AvgIpc) is 2.24. The van der Waals surface area contributed by atoms with Gasteiger partial charge in [-0.1, -0.05) is 13.0 Å². The summed E-state index contributed by atoms with van der Waals surface area (Å²) < 4.78 is 25.6. The summed E-state index contributed by atoms with van der Waals surface area (Å²) in [6, 6.07) is 4.03. The van der Waals surface area contributed by atoms with E-state index in [9.17, 15) is 8.78 Å². The summed E-state index contributed by atoms with van der Waals surface area (Å²) in [5.41, 5.74) is 0.790. The van der Waals surface area contributed by atoms with Crippen molar-refractivity contribution in [2.24, 2.45) is 0 Å². The summed E-state index contributed by atoms with van der Waals surface area (Å²) in [5.74, 6) is -1.57. The Kier molecular flexibility index (Phi) is 5.35. The Labute approximate surface area is 95.3 Å². The molecule has 0 aliphatic rings. The number of hydrogen-bond donors (Lipinski definition) is 1. The van der Waals surface area contributed by atoms with Gasteiger partial charge in [-0.05, 0) is 31.3 Å². The fraction of sp³-hybridized carbons (Fsp3) is 0.500. The molecule has 0 unspecified atom stereocenters. The lowest BCUT2D eigenvalue weighted by Crippen LogP contribution is -2.28. The van der Waals surface area contributed by atoms with Crippen molar-refractivity contribution >= 4 is 0 Å². The number of nitrogens with one attached hydrogen (secondary N) is 1. The Balaban J connectivity index is 2.43. The predicted octanol–water partition coefficient (Wildman–Crippen LogP) is 2.01. The zero-order valence-corrected chi connectivity index (χ0v) is 9.76. The van der Waals surface area contributed by atoms with E-state index in [1.54, 1.807) is 6.07 Å². The van der Waals surface area contributed by atoms with Gasteiger partial charge in [0.2, 0.25) is 0 Å². The standard InChI is InChI=1S/C12H18F2N2/c1-3-15-6-7-16(2)9-10-4-5-11(13)12(14)8-10/h4-5,8,15H,3,6-7,9H2,1-2H3. The highest BCUT2D eigenvalue weighted by atomic mass is 19.2. The largest absolute Gasteiger partial charge is 0.316 e. The third-order valence-electron chi connectivity index (χ3n) is 2.36. The molecule has 2 nitrogen and oxygen atoms in total. The van der Waals surface area contributed by atoms with Crippen LogP contribution in [0.4, 0.5) is 8.78 Å². The van der Waals surface area contributed by atoms with Crippen molar-refractivity contribution in [1.82, 2.24) is 10.2 Å². The number of halogens is 2. The molecule has 1 aromatic rings. The molecule has 0 aliphatic carbocycles. The van der Waals surface area contributed by atoms with Gasteiger partial charge in [-0.15, -0.1) is 0 Å². The van der Waals surface area contributed by atoms with E-state index in [1.165, 1.54) is 12.1 Å². The summed E-state index contributed by atoms with van der Waals surface area (Å²) in [6.45, 7) is 5.40. The molecule has 0 spiro atoms. The highest BCUT2D eigenvalue weighted by Gasteiger charge is 2.04. The second-order valence-electron chi connectivity index (χ2n) is 3.84. The highest BCUT2D eigenvalue weighted by Crippen LogP contribution is 2.09. The summed E-state index contributed by atoms with van der Waals surface area (Å²) in [4.78, 5) is 2.06. The van der Waals surface area contributed by atoms with Crippen molar-refractivity contribution < 1.29 is 8.78 Å². The van der Waals surface area contributed by atoms with E-state index < -0.39 is 11.6 Å². The molecule has 0 saturated heterocycles. The summed E-state index contributed by atoms with van der Waals surface area (Å²) in [6.07, 6.45) is 0. The van der Waals surface area contributed by atoms with Gasteiger partial charge >= 0.3 is 0 Å². The van der Waals surface area contributed by atoms with Crippen LogP contribution in [0.5, 0.6) is 0 Å². The van der Waals surface area contributed by atoms with Gasteiger partial charge < -0.3 is 10.2 Å². The first-order valence-electron chi connectivity index (χ1n) is 5.46. The molecule has 0 bridgehead atoms. The lowest BCUT2D eigenvalue weighted by Gasteiger charge is -2.16. The molecule has 0 amide bonds. The van der Waals surface area contributed by atoms with Gasteiger partial charge in [0.1, 0.15) is 0 Å². The number of rotatable bonds is 6. The minimum absolute atomic E-state index is 0.628. The molecule has 16 heavy (non-hydrogen) atoms. The van der Waals surface area contributed by atoms with Crippen molar-refractivity contribution in [3.8, 4) is 0 Å². The van der Waals surface area contributed by atoms with Crippen molar-refractivity contribution in [2.45, 2.75) is 13.5 Å². The number of likely N-dealkylation sites (N-methyl/N-ethyl adjacent to an activating group) is 2. The first-order chi connectivity index (χ1) is 7.63. The zero-order chi connectivity index (χ0) is 12.0. The normalized spacial score (nSPS) is 11.1. The molecule has 0 aliphatic heterocycles. The average molecular weight is 228 g/mol. The van der Waals surface area contributed by atoms with Crippen LogP contribution in [0.15, 0.2) is 18.2 Å². The van der Waals surface area contributed by atoms with Crippen molar-refractivity contribution in [2.75, 3.05) is 26.7 Å². The molecule has 4 heteroatoms. The van der Waals surface area contributed by atoms with Gasteiger partial charge in [-0.2, -0.15) is 0 Å². The first kappa shape index (κ1) is 13.1. The van der Waals surface area contributed by atoms with E-state index in [1.807, 2.05) is 7.05 Å². The maximum absolute atomic E-state index is 12.9. The van der Waals surface area contributed by atoms with Crippen molar-refractivity contribution in [3.63, 3.8) is 0 Å². The predicted molar refractivity (Wildman–Crippen MR) is 61.2 cm³/mol. The Morgan fingerprint density at radius 3 is 2.62 bits per heavy atom. The Morgan fingerprint density at radius 1 is 1.25 bits per heavy atom. The molecule has 90 valence electrons. The van der Waals surface area contributed by atoms with Gasteiger partial charge in [-0.25, -0.2) is 8.78 Å². The molecular weight excluding hydrogens is 210 g/mol. The van der Waals surface area contributed by atoms with Crippen LogP contribution < -0.4 is 5.32 Å². The molecule has 0 radical (unpaired) electrons. The molecule has 1 rings (SSSR count). The molecule has 0 fully saturated rings. The second-order valence-corrected chi connectivity index (χ2v) is 3.84. The molecule has 0 atom stereocenters. The van der Waals surface area contributed by atoms with E-state index in [0.29, 0.717) is 6.54 Å². The third-order valence-corrected chi connectivity index (χ3v) is 2.36. The topological polar surface area (TPSA) is 15.3 Å². The van der Waals surface area contributed by atoms with Crippen LogP contribution in [0.3, 0.4) is 0 Å². The van der Waals surface area contributed by atoms with Gasteiger partial charge in [0.15, 0.2) is 11.6 Å². The Hall–Kier alpha value is -1.00. The number of benzene rings is 1. The van der Waals surface area contributed by atoms with Crippen LogP contribution in [-0.2, 0) is 6.54 Å². The number of nitrogens with zero attached hydrogens (tertiary/aromatic N) is 1. The summed E-state index contributed by atoms with van der Waals surface area (Å²) in [7, 11) is 1.96. The molecular formula is C12H18F2N2. The van der Waals surface area contributed by atoms with Crippen LogP contribution >= 0.6 is 0 Å². The van der Waals surface area contributed by atoms with E-state index in [4.69, 9.17) is 0 Å². The second kappa shape index (κ2) is 6.55. The fourth-order valence-corrected chi connectivity index (χ4v) is 1.48. The van der Waals surface area contributed by atoms with Gasteiger partial charge in [0.25, 0.3) is 0 Å². The van der Waals surface area contributed by atoms with Gasteiger partial charge in [0, 0.05) is 19.6 Å². The van der Waals surface area contributed by atoms with Crippen LogP contribution in [-0.4, -0.2) is 31.6 Å². The van der Waals surface area contributed by atoms with Crippen LogP contribution in [0.2, 0.25) is 0 Å². The lowest BCUT2D eigenvalue weighted by molar-refractivity contribution is 0.324. The first-order valence-corrected chi connectivity index (χ1v) is 5.46. The smallest absolute Gasteiger partial charge is 0.159 e. The van der Waals surface area contributed by atoms with E-state index >= 15 is 0 Å². The van der Waals surface area contributed by atoms with Gasteiger partial charge in [-0.3, -0.25) is 0 Å².